The zero-order chi connectivity index (χ0) is 19.0. The van der Waals surface area contributed by atoms with Gasteiger partial charge >= 0.3 is 6.03 Å². The Morgan fingerprint density at radius 2 is 1.62 bits per heavy atom. The molecule has 0 fully saturated rings. The molecule has 0 saturated heterocycles. The van der Waals surface area contributed by atoms with Crippen LogP contribution >= 0.6 is 0 Å². The monoisotopic (exact) mass is 354 g/mol. The van der Waals surface area contributed by atoms with E-state index in [1.54, 1.807) is 0 Å². The van der Waals surface area contributed by atoms with Gasteiger partial charge in [0, 0.05) is 13.1 Å². The summed E-state index contributed by atoms with van der Waals surface area (Å²) >= 11 is 0. The number of urea groups is 1. The Morgan fingerprint density at radius 3 is 2.23 bits per heavy atom. The first kappa shape index (κ1) is 19.8. The van der Waals surface area contributed by atoms with Crippen LogP contribution < -0.4 is 15.4 Å². The minimum absolute atomic E-state index is 0.147. The number of aryl methyl sites for hydroxylation is 1. The molecular formula is C22H30N2O2. The van der Waals surface area contributed by atoms with Crippen LogP contribution in [-0.4, -0.2) is 19.2 Å². The predicted molar refractivity (Wildman–Crippen MR) is 107 cm³/mol. The molecule has 0 saturated carbocycles. The van der Waals surface area contributed by atoms with Crippen molar-refractivity contribution < 1.29 is 9.53 Å². The van der Waals surface area contributed by atoms with Gasteiger partial charge in [-0.05, 0) is 42.0 Å². The molecule has 2 aromatic rings. The maximum absolute atomic E-state index is 11.8. The summed E-state index contributed by atoms with van der Waals surface area (Å²) in [5.41, 5.74) is 3.74. The highest BCUT2D eigenvalue weighted by Crippen LogP contribution is 2.24. The predicted octanol–water partition coefficient (Wildman–Crippen LogP) is 4.56. The third kappa shape index (κ3) is 6.79. The molecule has 0 aromatic heterocycles. The van der Waals surface area contributed by atoms with Crippen molar-refractivity contribution in [2.24, 2.45) is 0 Å². The average Bonchev–Trinajstić information content (AvgIpc) is 2.60. The van der Waals surface area contributed by atoms with Gasteiger partial charge in [0.1, 0.15) is 5.75 Å². The molecule has 4 nitrogen and oxygen atoms in total. The Morgan fingerprint density at radius 1 is 0.962 bits per heavy atom. The molecule has 2 rings (SSSR count). The summed E-state index contributed by atoms with van der Waals surface area (Å²) < 4.78 is 5.72. The second-order valence-corrected chi connectivity index (χ2v) is 7.57. The van der Waals surface area contributed by atoms with Gasteiger partial charge in [0.05, 0.1) is 6.61 Å². The first-order valence-corrected chi connectivity index (χ1v) is 9.15. The molecule has 140 valence electrons. The molecule has 2 aromatic carbocycles. The Hall–Kier alpha value is -2.49. The zero-order valence-corrected chi connectivity index (χ0v) is 16.3. The number of hydrogen-bond acceptors (Lipinski definition) is 2. The van der Waals surface area contributed by atoms with Crippen molar-refractivity contribution in [2.45, 2.75) is 46.1 Å². The Balaban J connectivity index is 1.59. The normalized spacial score (nSPS) is 11.1. The van der Waals surface area contributed by atoms with Gasteiger partial charge in [-0.15, -0.1) is 0 Å². The highest BCUT2D eigenvalue weighted by atomic mass is 16.5. The van der Waals surface area contributed by atoms with Gasteiger partial charge in [-0.1, -0.05) is 62.7 Å². The highest BCUT2D eigenvalue weighted by Gasteiger charge is 2.12. The van der Waals surface area contributed by atoms with Crippen LogP contribution in [0.25, 0.3) is 0 Å². The summed E-state index contributed by atoms with van der Waals surface area (Å²) in [6.07, 6.45) is 0.763. The molecule has 2 amide bonds. The summed E-state index contributed by atoms with van der Waals surface area (Å²) in [6, 6.07) is 16.2. The van der Waals surface area contributed by atoms with Gasteiger partial charge in [-0.3, -0.25) is 0 Å². The van der Waals surface area contributed by atoms with Crippen LogP contribution in [0.1, 0.15) is 43.9 Å². The van der Waals surface area contributed by atoms with Gasteiger partial charge < -0.3 is 15.4 Å². The molecule has 0 heterocycles. The maximum atomic E-state index is 11.8. The van der Waals surface area contributed by atoms with Crippen molar-refractivity contribution in [3.63, 3.8) is 0 Å². The second-order valence-electron chi connectivity index (χ2n) is 7.57. The third-order valence-corrected chi connectivity index (χ3v) is 4.17. The molecule has 26 heavy (non-hydrogen) atoms. The molecule has 2 N–H and O–H groups in total. The van der Waals surface area contributed by atoms with E-state index in [4.69, 9.17) is 4.74 Å². The van der Waals surface area contributed by atoms with Crippen LogP contribution in [0.3, 0.4) is 0 Å². The minimum Gasteiger partial charge on any atom is -0.494 e. The lowest BCUT2D eigenvalue weighted by molar-refractivity contribution is 0.238. The summed E-state index contributed by atoms with van der Waals surface area (Å²) in [6.45, 7) is 10.3. The Kier molecular flexibility index (Phi) is 7.07. The van der Waals surface area contributed by atoms with Crippen LogP contribution in [0.4, 0.5) is 4.79 Å². The summed E-state index contributed by atoms with van der Waals surface area (Å²) in [4.78, 5) is 11.8. The number of carbonyl (C=O) groups excluding carboxylic acids is 1. The van der Waals surface area contributed by atoms with Crippen molar-refractivity contribution in [2.75, 3.05) is 13.2 Å². The van der Waals surface area contributed by atoms with Crippen molar-refractivity contribution in [1.82, 2.24) is 10.6 Å². The Labute approximate surface area is 157 Å². The fourth-order valence-electron chi connectivity index (χ4n) is 2.47. The van der Waals surface area contributed by atoms with Gasteiger partial charge in [-0.25, -0.2) is 4.79 Å². The SMILES string of the molecule is Cc1ccc(CNC(=O)NCCCOc2ccc(C(C)(C)C)cc2)cc1. The molecule has 0 bridgehead atoms. The molecule has 0 aliphatic heterocycles. The van der Waals surface area contributed by atoms with Crippen molar-refractivity contribution in [3.8, 4) is 5.75 Å². The van der Waals surface area contributed by atoms with E-state index >= 15 is 0 Å². The third-order valence-electron chi connectivity index (χ3n) is 4.17. The largest absolute Gasteiger partial charge is 0.494 e. The first-order chi connectivity index (χ1) is 12.3. The number of carbonyl (C=O) groups is 1. The van der Waals surface area contributed by atoms with Crippen LogP contribution in [0.2, 0.25) is 0 Å². The molecule has 0 radical (unpaired) electrons. The van der Waals surface area contributed by atoms with Crippen molar-refractivity contribution >= 4 is 6.03 Å². The number of amides is 2. The fourth-order valence-corrected chi connectivity index (χ4v) is 2.47. The topological polar surface area (TPSA) is 50.4 Å². The lowest BCUT2D eigenvalue weighted by atomic mass is 9.87. The average molecular weight is 354 g/mol. The molecule has 0 unspecified atom stereocenters. The number of hydrogen-bond donors (Lipinski definition) is 2. The summed E-state index contributed by atoms with van der Waals surface area (Å²) in [5, 5.41) is 5.71. The molecule has 0 aliphatic rings. The van der Waals surface area contributed by atoms with Gasteiger partial charge in [0.25, 0.3) is 0 Å². The standard InChI is InChI=1S/C22H30N2O2/c1-17-6-8-18(9-7-17)16-24-21(25)23-14-5-15-26-20-12-10-19(11-13-20)22(2,3)4/h6-13H,5,14-16H2,1-4H3,(H2,23,24,25). The Bertz CT molecular complexity index is 686. The van der Waals surface area contributed by atoms with E-state index in [0.717, 1.165) is 17.7 Å². The van der Waals surface area contributed by atoms with Crippen LogP contribution in [0.15, 0.2) is 48.5 Å². The zero-order valence-electron chi connectivity index (χ0n) is 16.3. The van der Waals surface area contributed by atoms with E-state index in [9.17, 15) is 4.79 Å². The van der Waals surface area contributed by atoms with E-state index in [1.807, 2.05) is 43.3 Å². The lowest BCUT2D eigenvalue weighted by Crippen LogP contribution is -2.36. The van der Waals surface area contributed by atoms with Crippen molar-refractivity contribution in [3.05, 3.63) is 65.2 Å². The second kappa shape index (κ2) is 9.27. The molecule has 0 aliphatic carbocycles. The highest BCUT2D eigenvalue weighted by molar-refractivity contribution is 5.73. The van der Waals surface area contributed by atoms with E-state index in [1.165, 1.54) is 11.1 Å². The van der Waals surface area contributed by atoms with Crippen molar-refractivity contribution in [1.29, 1.82) is 0 Å². The van der Waals surface area contributed by atoms with Gasteiger partial charge in [-0.2, -0.15) is 0 Å². The minimum atomic E-state index is -0.153. The van der Waals surface area contributed by atoms with E-state index in [0.29, 0.717) is 19.7 Å². The van der Waals surface area contributed by atoms with Gasteiger partial charge in [0.2, 0.25) is 0 Å². The summed E-state index contributed by atoms with van der Waals surface area (Å²) in [7, 11) is 0. The number of nitrogens with one attached hydrogen (secondary N) is 2. The molecular weight excluding hydrogens is 324 g/mol. The smallest absolute Gasteiger partial charge is 0.315 e. The molecule has 0 spiro atoms. The quantitative estimate of drug-likeness (QED) is 0.716. The van der Waals surface area contributed by atoms with Gasteiger partial charge in [0.15, 0.2) is 0 Å². The van der Waals surface area contributed by atoms with Crippen LogP contribution in [0.5, 0.6) is 5.75 Å². The summed E-state index contributed by atoms with van der Waals surface area (Å²) in [5.74, 6) is 0.863. The van der Waals surface area contributed by atoms with Crippen LogP contribution in [-0.2, 0) is 12.0 Å². The van der Waals surface area contributed by atoms with E-state index in [2.05, 4.69) is 43.5 Å². The number of benzene rings is 2. The lowest BCUT2D eigenvalue weighted by Gasteiger charge is -2.19. The number of ether oxygens (including phenoxy) is 1. The van der Waals surface area contributed by atoms with E-state index < -0.39 is 0 Å². The number of rotatable bonds is 7. The fraction of sp³-hybridized carbons (Fsp3) is 0.409. The van der Waals surface area contributed by atoms with Crippen LogP contribution in [0, 0.1) is 6.92 Å². The first-order valence-electron chi connectivity index (χ1n) is 9.15. The molecule has 0 atom stereocenters. The molecule has 4 heteroatoms. The van der Waals surface area contributed by atoms with E-state index in [-0.39, 0.29) is 11.4 Å². The maximum Gasteiger partial charge on any atom is 0.315 e.